The summed E-state index contributed by atoms with van der Waals surface area (Å²) >= 11 is 0. The summed E-state index contributed by atoms with van der Waals surface area (Å²) < 4.78 is 0. The first-order chi connectivity index (χ1) is 6.09. The van der Waals surface area contributed by atoms with Crippen molar-refractivity contribution in [2.45, 2.75) is 52.9 Å². The van der Waals surface area contributed by atoms with Crippen molar-refractivity contribution in [3.63, 3.8) is 0 Å². The first kappa shape index (κ1) is 10.7. The maximum Gasteiger partial charge on any atom is 0.133 e. The molecule has 0 saturated heterocycles. The van der Waals surface area contributed by atoms with Crippen LogP contribution in [0, 0.1) is 17.8 Å². The SMILES string of the molecule is CC(C)CCC1CC(=O)CCC1C. The van der Waals surface area contributed by atoms with Crippen LogP contribution >= 0.6 is 0 Å². The van der Waals surface area contributed by atoms with Gasteiger partial charge in [-0.25, -0.2) is 0 Å². The third kappa shape index (κ3) is 3.50. The van der Waals surface area contributed by atoms with Crippen LogP contribution in [-0.2, 0) is 4.79 Å². The minimum absolute atomic E-state index is 0.492. The zero-order chi connectivity index (χ0) is 9.84. The van der Waals surface area contributed by atoms with E-state index in [-0.39, 0.29) is 0 Å². The molecule has 0 aromatic rings. The Morgan fingerprint density at radius 2 is 2.15 bits per heavy atom. The predicted octanol–water partition coefficient (Wildman–Crippen LogP) is 3.43. The van der Waals surface area contributed by atoms with E-state index < -0.39 is 0 Å². The van der Waals surface area contributed by atoms with Crippen molar-refractivity contribution in [3.05, 3.63) is 0 Å². The van der Waals surface area contributed by atoms with E-state index in [1.165, 1.54) is 12.8 Å². The quantitative estimate of drug-likeness (QED) is 0.653. The van der Waals surface area contributed by atoms with Crippen molar-refractivity contribution in [1.82, 2.24) is 0 Å². The second kappa shape index (κ2) is 4.78. The Hall–Kier alpha value is -0.330. The van der Waals surface area contributed by atoms with Gasteiger partial charge >= 0.3 is 0 Å². The van der Waals surface area contributed by atoms with Gasteiger partial charge in [0.2, 0.25) is 0 Å². The van der Waals surface area contributed by atoms with E-state index in [4.69, 9.17) is 0 Å². The van der Waals surface area contributed by atoms with Crippen LogP contribution in [-0.4, -0.2) is 5.78 Å². The highest BCUT2D eigenvalue weighted by molar-refractivity contribution is 5.79. The van der Waals surface area contributed by atoms with Gasteiger partial charge in [-0.1, -0.05) is 27.2 Å². The third-order valence-corrected chi connectivity index (χ3v) is 3.29. The Bertz CT molecular complexity index is 172. The van der Waals surface area contributed by atoms with E-state index in [1.54, 1.807) is 0 Å². The van der Waals surface area contributed by atoms with Crippen LogP contribution in [0.15, 0.2) is 0 Å². The summed E-state index contributed by atoms with van der Waals surface area (Å²) in [6.45, 7) is 6.82. The average Bonchev–Trinajstić information content (AvgIpc) is 2.06. The highest BCUT2D eigenvalue weighted by Gasteiger charge is 2.25. The molecule has 13 heavy (non-hydrogen) atoms. The summed E-state index contributed by atoms with van der Waals surface area (Å²) in [6, 6.07) is 0. The van der Waals surface area contributed by atoms with Gasteiger partial charge in [-0.05, 0) is 30.6 Å². The van der Waals surface area contributed by atoms with Gasteiger partial charge in [-0.15, -0.1) is 0 Å². The Balaban J connectivity index is 2.33. The highest BCUT2D eigenvalue weighted by Crippen LogP contribution is 2.31. The number of Topliss-reactive ketones (excluding diaryl/α,β-unsaturated/α-hetero) is 1. The summed E-state index contributed by atoms with van der Waals surface area (Å²) in [5, 5.41) is 0. The van der Waals surface area contributed by atoms with Crippen molar-refractivity contribution >= 4 is 5.78 Å². The lowest BCUT2D eigenvalue weighted by Gasteiger charge is -2.28. The molecule has 2 unspecified atom stereocenters. The molecule has 0 aromatic carbocycles. The molecule has 0 N–H and O–H groups in total. The lowest BCUT2D eigenvalue weighted by atomic mass is 9.77. The summed E-state index contributed by atoms with van der Waals surface area (Å²) in [5.41, 5.74) is 0. The highest BCUT2D eigenvalue weighted by atomic mass is 16.1. The van der Waals surface area contributed by atoms with Crippen molar-refractivity contribution in [2.75, 3.05) is 0 Å². The zero-order valence-corrected chi connectivity index (χ0v) is 9.18. The largest absolute Gasteiger partial charge is 0.300 e. The standard InChI is InChI=1S/C12H22O/c1-9(2)4-6-11-8-12(13)7-5-10(11)3/h9-11H,4-8H2,1-3H3. The Morgan fingerprint density at radius 3 is 2.77 bits per heavy atom. The molecule has 0 bridgehead atoms. The van der Waals surface area contributed by atoms with Gasteiger partial charge in [0.25, 0.3) is 0 Å². The van der Waals surface area contributed by atoms with E-state index in [1.807, 2.05) is 0 Å². The van der Waals surface area contributed by atoms with Crippen LogP contribution in [0.2, 0.25) is 0 Å². The molecule has 1 heteroatoms. The minimum Gasteiger partial charge on any atom is -0.300 e. The van der Waals surface area contributed by atoms with Crippen molar-refractivity contribution < 1.29 is 4.79 Å². The maximum atomic E-state index is 11.3. The second-order valence-corrected chi connectivity index (χ2v) is 4.99. The van der Waals surface area contributed by atoms with Gasteiger partial charge in [0.1, 0.15) is 5.78 Å². The predicted molar refractivity (Wildman–Crippen MR) is 55.6 cm³/mol. The zero-order valence-electron chi connectivity index (χ0n) is 9.18. The summed E-state index contributed by atoms with van der Waals surface area (Å²) in [5.74, 6) is 2.73. The van der Waals surface area contributed by atoms with Gasteiger partial charge in [0.05, 0.1) is 0 Å². The van der Waals surface area contributed by atoms with Gasteiger partial charge in [0, 0.05) is 12.8 Å². The van der Waals surface area contributed by atoms with Crippen LogP contribution in [0.4, 0.5) is 0 Å². The Morgan fingerprint density at radius 1 is 1.46 bits per heavy atom. The molecular formula is C12H22O. The molecule has 0 aliphatic heterocycles. The number of hydrogen-bond acceptors (Lipinski definition) is 1. The van der Waals surface area contributed by atoms with Crippen LogP contribution < -0.4 is 0 Å². The van der Waals surface area contributed by atoms with Crippen molar-refractivity contribution in [3.8, 4) is 0 Å². The number of hydrogen-bond donors (Lipinski definition) is 0. The number of rotatable bonds is 3. The lowest BCUT2D eigenvalue weighted by molar-refractivity contribution is -0.122. The second-order valence-electron chi connectivity index (χ2n) is 4.99. The molecule has 0 amide bonds. The monoisotopic (exact) mass is 182 g/mol. The molecular weight excluding hydrogens is 160 g/mol. The van der Waals surface area contributed by atoms with Crippen molar-refractivity contribution in [2.24, 2.45) is 17.8 Å². The lowest BCUT2D eigenvalue weighted by Crippen LogP contribution is -2.23. The Kier molecular flexibility index (Phi) is 3.95. The van der Waals surface area contributed by atoms with Crippen LogP contribution in [0.25, 0.3) is 0 Å². The molecule has 0 aromatic heterocycles. The van der Waals surface area contributed by atoms with E-state index >= 15 is 0 Å². The van der Waals surface area contributed by atoms with Gasteiger partial charge in [0.15, 0.2) is 0 Å². The molecule has 0 heterocycles. The van der Waals surface area contributed by atoms with Gasteiger partial charge < -0.3 is 0 Å². The fourth-order valence-corrected chi connectivity index (χ4v) is 2.15. The molecule has 1 aliphatic carbocycles. The first-order valence-corrected chi connectivity index (χ1v) is 5.61. The summed E-state index contributed by atoms with van der Waals surface area (Å²) in [6.07, 6.45) is 5.35. The van der Waals surface area contributed by atoms with Crippen molar-refractivity contribution in [1.29, 1.82) is 0 Å². The van der Waals surface area contributed by atoms with Crippen LogP contribution in [0.1, 0.15) is 52.9 Å². The van der Waals surface area contributed by atoms with Gasteiger partial charge in [-0.3, -0.25) is 4.79 Å². The molecule has 1 nitrogen and oxygen atoms in total. The number of ketones is 1. The topological polar surface area (TPSA) is 17.1 Å². The molecule has 76 valence electrons. The molecule has 1 saturated carbocycles. The molecule has 1 aliphatic rings. The van der Waals surface area contributed by atoms with E-state index in [9.17, 15) is 4.79 Å². The maximum absolute atomic E-state index is 11.3. The first-order valence-electron chi connectivity index (χ1n) is 5.61. The molecule has 2 atom stereocenters. The molecule has 1 rings (SSSR count). The van der Waals surface area contributed by atoms with Crippen LogP contribution in [0.3, 0.4) is 0 Å². The number of carbonyl (C=O) groups is 1. The van der Waals surface area contributed by atoms with E-state index in [0.717, 1.165) is 31.1 Å². The third-order valence-electron chi connectivity index (χ3n) is 3.29. The summed E-state index contributed by atoms with van der Waals surface area (Å²) in [7, 11) is 0. The fourth-order valence-electron chi connectivity index (χ4n) is 2.15. The minimum atomic E-state index is 0.492. The van der Waals surface area contributed by atoms with Crippen LogP contribution in [0.5, 0.6) is 0 Å². The average molecular weight is 182 g/mol. The smallest absolute Gasteiger partial charge is 0.133 e. The normalized spacial score (nSPS) is 29.7. The van der Waals surface area contributed by atoms with E-state index in [2.05, 4.69) is 20.8 Å². The van der Waals surface area contributed by atoms with E-state index in [0.29, 0.717) is 11.7 Å². The Labute approximate surface area is 81.9 Å². The molecule has 0 radical (unpaired) electrons. The molecule has 0 spiro atoms. The van der Waals surface area contributed by atoms with Gasteiger partial charge in [-0.2, -0.15) is 0 Å². The number of carbonyl (C=O) groups excluding carboxylic acids is 1. The molecule has 1 fully saturated rings. The summed E-state index contributed by atoms with van der Waals surface area (Å²) in [4.78, 5) is 11.3. The fraction of sp³-hybridized carbons (Fsp3) is 0.917.